The Morgan fingerprint density at radius 1 is 1.70 bits per heavy atom. The molecule has 0 aromatic carbocycles. The van der Waals surface area contributed by atoms with E-state index in [-0.39, 0.29) is 5.15 Å². The van der Waals surface area contributed by atoms with Crippen LogP contribution in [0.3, 0.4) is 0 Å². The largest absolute Gasteiger partial charge is 0.316 e. The van der Waals surface area contributed by atoms with Crippen molar-refractivity contribution in [1.29, 1.82) is 0 Å². The fraction of sp³-hybridized carbons (Fsp3) is 0.400. The Morgan fingerprint density at radius 3 is 2.80 bits per heavy atom. The molecular weight excluding hydrogens is 162 g/mol. The monoisotopic (exact) mass is 166 g/mol. The predicted octanol–water partition coefficient (Wildman–Crippen LogP) is 1.80. The van der Waals surface area contributed by atoms with Crippen LogP contribution in [0.5, 0.6) is 0 Å². The van der Waals surface area contributed by atoms with E-state index >= 15 is 0 Å². The summed E-state index contributed by atoms with van der Waals surface area (Å²) in [6.45, 7) is -0.390. The van der Waals surface area contributed by atoms with Gasteiger partial charge in [0.1, 0.15) is 5.15 Å². The molecule has 1 aromatic rings. The lowest BCUT2D eigenvalue weighted by molar-refractivity contribution is 0.126. The van der Waals surface area contributed by atoms with Crippen molar-refractivity contribution >= 4 is 11.6 Å². The van der Waals surface area contributed by atoms with Crippen molar-refractivity contribution in [2.75, 3.05) is 0 Å². The van der Waals surface area contributed by atoms with Crippen LogP contribution < -0.4 is 0 Å². The SMILES string of the molecule is FC(F)Cn1cncc1Cl. The third-order valence-corrected chi connectivity index (χ3v) is 1.31. The summed E-state index contributed by atoms with van der Waals surface area (Å²) in [6, 6.07) is 0. The molecule has 0 saturated heterocycles. The lowest BCUT2D eigenvalue weighted by Gasteiger charge is -2.00. The molecule has 0 fully saturated rings. The number of alkyl halides is 2. The van der Waals surface area contributed by atoms with E-state index in [1.165, 1.54) is 17.1 Å². The molecule has 1 aromatic heterocycles. The average molecular weight is 167 g/mol. The second-order valence-electron chi connectivity index (χ2n) is 1.76. The highest BCUT2D eigenvalue weighted by Gasteiger charge is 2.05. The van der Waals surface area contributed by atoms with Crippen LogP contribution in [-0.4, -0.2) is 16.0 Å². The average Bonchev–Trinajstić information content (AvgIpc) is 2.15. The van der Waals surface area contributed by atoms with Gasteiger partial charge in [-0.3, -0.25) is 0 Å². The number of halogens is 3. The normalized spacial score (nSPS) is 10.8. The summed E-state index contributed by atoms with van der Waals surface area (Å²) in [6.07, 6.45) is 0.213. The first-order valence-corrected chi connectivity index (χ1v) is 3.01. The lowest BCUT2D eigenvalue weighted by atomic mass is 10.6. The Morgan fingerprint density at radius 2 is 2.40 bits per heavy atom. The van der Waals surface area contributed by atoms with Gasteiger partial charge in [-0.2, -0.15) is 0 Å². The van der Waals surface area contributed by atoms with Gasteiger partial charge < -0.3 is 4.57 Å². The number of aromatic nitrogens is 2. The summed E-state index contributed by atoms with van der Waals surface area (Å²) in [5.41, 5.74) is 0. The molecule has 0 unspecified atom stereocenters. The van der Waals surface area contributed by atoms with Gasteiger partial charge in [0.05, 0.1) is 19.1 Å². The molecule has 10 heavy (non-hydrogen) atoms. The van der Waals surface area contributed by atoms with E-state index < -0.39 is 13.0 Å². The number of imidazole rings is 1. The van der Waals surface area contributed by atoms with E-state index in [4.69, 9.17) is 11.6 Å². The minimum absolute atomic E-state index is 0.236. The zero-order valence-electron chi connectivity index (χ0n) is 4.97. The lowest BCUT2D eigenvalue weighted by Crippen LogP contribution is -2.04. The van der Waals surface area contributed by atoms with Crippen LogP contribution in [0.25, 0.3) is 0 Å². The number of rotatable bonds is 2. The summed E-state index contributed by atoms with van der Waals surface area (Å²) < 4.78 is 24.5. The topological polar surface area (TPSA) is 17.8 Å². The quantitative estimate of drug-likeness (QED) is 0.655. The van der Waals surface area contributed by atoms with Crippen LogP contribution in [-0.2, 0) is 6.54 Å². The second-order valence-corrected chi connectivity index (χ2v) is 2.15. The van der Waals surface area contributed by atoms with Crippen LogP contribution in [0.15, 0.2) is 12.5 Å². The molecule has 0 atom stereocenters. The van der Waals surface area contributed by atoms with Crippen molar-refractivity contribution < 1.29 is 8.78 Å². The van der Waals surface area contributed by atoms with Gasteiger partial charge in [-0.05, 0) is 0 Å². The van der Waals surface area contributed by atoms with Gasteiger partial charge in [-0.25, -0.2) is 13.8 Å². The summed E-state index contributed by atoms with van der Waals surface area (Å²) >= 11 is 5.45. The Bertz CT molecular complexity index is 211. The Hall–Kier alpha value is -0.640. The Balaban J connectivity index is 2.65. The van der Waals surface area contributed by atoms with Gasteiger partial charge in [0.15, 0.2) is 0 Å². The molecule has 1 heterocycles. The van der Waals surface area contributed by atoms with Gasteiger partial charge in [0.25, 0.3) is 6.43 Å². The Kier molecular flexibility index (Phi) is 2.21. The van der Waals surface area contributed by atoms with E-state index in [0.717, 1.165) is 0 Å². The van der Waals surface area contributed by atoms with E-state index in [1.54, 1.807) is 0 Å². The minimum Gasteiger partial charge on any atom is -0.316 e. The van der Waals surface area contributed by atoms with E-state index in [1.807, 2.05) is 0 Å². The van der Waals surface area contributed by atoms with Crippen molar-refractivity contribution in [2.24, 2.45) is 0 Å². The van der Waals surface area contributed by atoms with Crippen molar-refractivity contribution in [3.8, 4) is 0 Å². The Labute approximate surface area is 61.4 Å². The van der Waals surface area contributed by atoms with Gasteiger partial charge in [-0.1, -0.05) is 11.6 Å². The van der Waals surface area contributed by atoms with Crippen molar-refractivity contribution in [2.45, 2.75) is 13.0 Å². The van der Waals surface area contributed by atoms with Crippen molar-refractivity contribution in [3.63, 3.8) is 0 Å². The maximum atomic E-state index is 11.7. The van der Waals surface area contributed by atoms with Gasteiger partial charge in [-0.15, -0.1) is 0 Å². The molecule has 0 N–H and O–H groups in total. The summed E-state index contributed by atoms with van der Waals surface area (Å²) in [5.74, 6) is 0. The zero-order valence-corrected chi connectivity index (χ0v) is 5.72. The molecule has 5 heteroatoms. The first-order chi connectivity index (χ1) is 4.70. The molecule has 0 bridgehead atoms. The van der Waals surface area contributed by atoms with Crippen LogP contribution >= 0.6 is 11.6 Å². The van der Waals surface area contributed by atoms with Gasteiger partial charge in [0.2, 0.25) is 0 Å². The highest BCUT2D eigenvalue weighted by atomic mass is 35.5. The molecule has 0 saturated carbocycles. The molecule has 0 radical (unpaired) electrons. The molecule has 0 aliphatic rings. The number of hydrogen-bond donors (Lipinski definition) is 0. The van der Waals surface area contributed by atoms with Crippen molar-refractivity contribution in [1.82, 2.24) is 9.55 Å². The fourth-order valence-corrected chi connectivity index (χ4v) is 0.757. The maximum absolute atomic E-state index is 11.7. The molecule has 0 amide bonds. The molecule has 1 rings (SSSR count). The summed E-state index contributed by atoms with van der Waals surface area (Å²) in [4.78, 5) is 3.57. The van der Waals surface area contributed by atoms with E-state index in [2.05, 4.69) is 4.98 Å². The molecule has 0 aliphatic heterocycles. The third-order valence-electron chi connectivity index (χ3n) is 0.996. The number of hydrogen-bond acceptors (Lipinski definition) is 1. The molecular formula is C5H5ClF2N2. The maximum Gasteiger partial charge on any atom is 0.256 e. The van der Waals surface area contributed by atoms with Gasteiger partial charge in [0, 0.05) is 0 Å². The van der Waals surface area contributed by atoms with Crippen LogP contribution in [0.4, 0.5) is 8.78 Å². The standard InChI is InChI=1S/C5H5ClF2N2/c6-4-1-9-3-10(4)2-5(7)8/h1,3,5H,2H2. The number of nitrogens with zero attached hydrogens (tertiary/aromatic N) is 2. The minimum atomic E-state index is -2.38. The first kappa shape index (κ1) is 7.47. The van der Waals surface area contributed by atoms with E-state index in [0.29, 0.717) is 0 Å². The van der Waals surface area contributed by atoms with Crippen LogP contribution in [0.1, 0.15) is 0 Å². The summed E-state index contributed by atoms with van der Waals surface area (Å²) in [7, 11) is 0. The van der Waals surface area contributed by atoms with E-state index in [9.17, 15) is 8.78 Å². The smallest absolute Gasteiger partial charge is 0.256 e. The van der Waals surface area contributed by atoms with Crippen LogP contribution in [0.2, 0.25) is 5.15 Å². The van der Waals surface area contributed by atoms with Crippen LogP contribution in [0, 0.1) is 0 Å². The second kappa shape index (κ2) is 2.96. The van der Waals surface area contributed by atoms with Gasteiger partial charge >= 0.3 is 0 Å². The first-order valence-electron chi connectivity index (χ1n) is 2.64. The third kappa shape index (κ3) is 1.67. The fourth-order valence-electron chi connectivity index (χ4n) is 0.588. The molecule has 0 spiro atoms. The molecule has 56 valence electrons. The predicted molar refractivity (Wildman–Crippen MR) is 33.2 cm³/mol. The molecule has 0 aliphatic carbocycles. The zero-order chi connectivity index (χ0) is 7.56. The highest BCUT2D eigenvalue weighted by molar-refractivity contribution is 6.29. The summed E-state index contributed by atoms with van der Waals surface area (Å²) in [5, 5.41) is 0.236. The molecule has 2 nitrogen and oxygen atoms in total. The van der Waals surface area contributed by atoms with Crippen molar-refractivity contribution in [3.05, 3.63) is 17.7 Å². The highest BCUT2D eigenvalue weighted by Crippen LogP contribution is 2.08.